The molecule has 1 aromatic carbocycles. The van der Waals surface area contributed by atoms with Gasteiger partial charge in [0.2, 0.25) is 29.5 Å². The van der Waals surface area contributed by atoms with Gasteiger partial charge in [0, 0.05) is 19.4 Å². The number of rotatable bonds is 24. The van der Waals surface area contributed by atoms with Gasteiger partial charge in [0.1, 0.15) is 18.1 Å². The summed E-state index contributed by atoms with van der Waals surface area (Å²) in [7, 11) is 0. The Morgan fingerprint density at radius 3 is 1.87 bits per heavy atom. The highest BCUT2D eigenvalue weighted by molar-refractivity contribution is 5.92. The fourth-order valence-electron chi connectivity index (χ4n) is 5.43. The molecular formula is C37H59N5O10. The van der Waals surface area contributed by atoms with Crippen LogP contribution in [0.3, 0.4) is 0 Å². The minimum absolute atomic E-state index is 0.00658. The van der Waals surface area contributed by atoms with Gasteiger partial charge in [-0.05, 0) is 54.7 Å². The van der Waals surface area contributed by atoms with Crippen LogP contribution in [0.25, 0.3) is 0 Å². The van der Waals surface area contributed by atoms with Crippen molar-refractivity contribution in [3.8, 4) is 0 Å². The average molecular weight is 734 g/mol. The fraction of sp³-hybridized carbons (Fsp3) is 0.649. The van der Waals surface area contributed by atoms with Crippen LogP contribution >= 0.6 is 0 Å². The molecule has 0 spiro atoms. The molecule has 15 nitrogen and oxygen atoms in total. The van der Waals surface area contributed by atoms with Crippen LogP contribution in [-0.4, -0.2) is 87.1 Å². The fourth-order valence-corrected chi connectivity index (χ4v) is 5.43. The molecule has 0 aliphatic carbocycles. The second-order valence-corrected chi connectivity index (χ2v) is 14.1. The number of carbonyl (C=O) groups is 7. The van der Waals surface area contributed by atoms with E-state index in [9.17, 15) is 38.7 Å². The Morgan fingerprint density at radius 2 is 1.35 bits per heavy atom. The van der Waals surface area contributed by atoms with Crippen LogP contribution in [0, 0.1) is 17.8 Å². The van der Waals surface area contributed by atoms with Gasteiger partial charge in [0.05, 0.1) is 24.1 Å². The number of aliphatic hydroxyl groups is 1. The Morgan fingerprint density at radius 1 is 0.731 bits per heavy atom. The third-order valence-corrected chi connectivity index (χ3v) is 8.66. The summed E-state index contributed by atoms with van der Waals surface area (Å²) in [4.78, 5) is 87.6. The summed E-state index contributed by atoms with van der Waals surface area (Å²) in [6.45, 7) is 12.9. The summed E-state index contributed by atoms with van der Waals surface area (Å²) in [5, 5.41) is 42.8. The number of benzene rings is 1. The van der Waals surface area contributed by atoms with Crippen molar-refractivity contribution < 1.29 is 48.9 Å². The van der Waals surface area contributed by atoms with Crippen LogP contribution in [-0.2, 0) is 35.3 Å². The van der Waals surface area contributed by atoms with Gasteiger partial charge in [-0.3, -0.25) is 28.8 Å². The standard InChI is InChI=1S/C37H59N5O10/c1-8-11-26(39-36(50)33(23(7)9-2)41-29(44)12-10-13-31(46)47)34(48)40-27(18-21(3)4)28(43)19-30(45)42-32(22(5)6)35(49)38-20-24-14-16-25(17-15-24)37(51)52/h14-17,21-23,26-28,32-33,43H,8-13,18-20H2,1-7H3,(H,38,49)(H,39,50)(H,40,48)(H,41,44)(H,42,45)(H,46,47)(H,51,52)/t23-,26-,27-,28-,32-,33-/m0/s1. The van der Waals surface area contributed by atoms with Crippen molar-refractivity contribution in [2.45, 2.75) is 137 Å². The zero-order valence-electron chi connectivity index (χ0n) is 31.5. The van der Waals surface area contributed by atoms with Crippen LogP contribution < -0.4 is 26.6 Å². The molecule has 0 heterocycles. The summed E-state index contributed by atoms with van der Waals surface area (Å²) in [5.41, 5.74) is 0.780. The maximum Gasteiger partial charge on any atom is 0.335 e. The molecule has 0 aliphatic heterocycles. The lowest BCUT2D eigenvalue weighted by Gasteiger charge is -2.30. The molecule has 8 N–H and O–H groups in total. The Bertz CT molecular complexity index is 1350. The third-order valence-electron chi connectivity index (χ3n) is 8.66. The number of carboxylic acid groups (broad SMARTS) is 2. The van der Waals surface area contributed by atoms with E-state index in [1.807, 2.05) is 27.7 Å². The first kappa shape index (κ1) is 45.5. The number of aliphatic carboxylic acids is 1. The Labute approximate surface area is 306 Å². The van der Waals surface area contributed by atoms with E-state index >= 15 is 0 Å². The summed E-state index contributed by atoms with van der Waals surface area (Å²) in [6.07, 6.45) is -0.233. The molecule has 5 amide bonds. The van der Waals surface area contributed by atoms with E-state index in [0.717, 1.165) is 0 Å². The molecule has 292 valence electrons. The first-order valence-electron chi connectivity index (χ1n) is 18.1. The molecule has 52 heavy (non-hydrogen) atoms. The van der Waals surface area contributed by atoms with E-state index in [1.54, 1.807) is 32.9 Å². The molecule has 6 atom stereocenters. The van der Waals surface area contributed by atoms with E-state index in [4.69, 9.17) is 10.2 Å². The van der Waals surface area contributed by atoms with Crippen LogP contribution in [0.2, 0.25) is 0 Å². The lowest BCUT2D eigenvalue weighted by atomic mass is 9.95. The van der Waals surface area contributed by atoms with E-state index in [2.05, 4.69) is 26.6 Å². The molecule has 0 radical (unpaired) electrons. The molecule has 0 bridgehead atoms. The van der Waals surface area contributed by atoms with Gasteiger partial charge in [0.15, 0.2) is 0 Å². The third kappa shape index (κ3) is 16.7. The molecule has 0 saturated heterocycles. The minimum Gasteiger partial charge on any atom is -0.481 e. The monoisotopic (exact) mass is 733 g/mol. The largest absolute Gasteiger partial charge is 0.481 e. The second-order valence-electron chi connectivity index (χ2n) is 14.1. The van der Waals surface area contributed by atoms with Crippen molar-refractivity contribution in [3.05, 3.63) is 35.4 Å². The molecule has 0 saturated carbocycles. The number of hydrogen-bond acceptors (Lipinski definition) is 8. The highest BCUT2D eigenvalue weighted by atomic mass is 16.4. The van der Waals surface area contributed by atoms with Crippen LogP contribution in [0.5, 0.6) is 0 Å². The molecule has 1 aromatic rings. The molecule has 0 aromatic heterocycles. The number of nitrogens with one attached hydrogen (secondary N) is 5. The number of hydrogen-bond donors (Lipinski definition) is 8. The first-order chi connectivity index (χ1) is 24.4. The molecular weight excluding hydrogens is 674 g/mol. The maximum absolute atomic E-state index is 13.6. The Hall–Kier alpha value is -4.53. The number of aliphatic hydroxyl groups excluding tert-OH is 1. The van der Waals surface area contributed by atoms with Crippen LogP contribution in [0.15, 0.2) is 24.3 Å². The van der Waals surface area contributed by atoms with E-state index in [-0.39, 0.29) is 55.5 Å². The summed E-state index contributed by atoms with van der Waals surface area (Å²) in [6, 6.07) is 2.25. The van der Waals surface area contributed by atoms with Crippen molar-refractivity contribution in [2.75, 3.05) is 0 Å². The van der Waals surface area contributed by atoms with Crippen molar-refractivity contribution in [3.63, 3.8) is 0 Å². The molecule has 1 rings (SSSR count). The van der Waals surface area contributed by atoms with E-state index < -0.39 is 78.2 Å². The zero-order chi connectivity index (χ0) is 39.5. The number of aromatic carboxylic acids is 1. The number of amides is 5. The van der Waals surface area contributed by atoms with Gasteiger partial charge >= 0.3 is 11.9 Å². The highest BCUT2D eigenvalue weighted by Gasteiger charge is 2.33. The minimum atomic E-state index is -1.33. The number of carbonyl (C=O) groups excluding carboxylic acids is 5. The van der Waals surface area contributed by atoms with Crippen molar-refractivity contribution in [1.29, 1.82) is 0 Å². The van der Waals surface area contributed by atoms with Crippen molar-refractivity contribution >= 4 is 41.5 Å². The normalized spacial score (nSPS) is 14.7. The predicted octanol–water partition coefficient (Wildman–Crippen LogP) is 2.49. The van der Waals surface area contributed by atoms with Gasteiger partial charge in [-0.15, -0.1) is 0 Å². The summed E-state index contributed by atoms with van der Waals surface area (Å²) in [5.74, 6) is -5.35. The van der Waals surface area contributed by atoms with Crippen LogP contribution in [0.1, 0.15) is 116 Å². The quantitative estimate of drug-likeness (QED) is 0.0772. The average Bonchev–Trinajstić information content (AvgIpc) is 3.07. The second kappa shape index (κ2) is 23.1. The maximum atomic E-state index is 13.6. The molecule has 0 unspecified atom stereocenters. The van der Waals surface area contributed by atoms with Crippen LogP contribution in [0.4, 0.5) is 0 Å². The first-order valence-corrected chi connectivity index (χ1v) is 18.1. The van der Waals surface area contributed by atoms with Gasteiger partial charge in [-0.2, -0.15) is 0 Å². The summed E-state index contributed by atoms with van der Waals surface area (Å²) >= 11 is 0. The summed E-state index contributed by atoms with van der Waals surface area (Å²) < 4.78 is 0. The van der Waals surface area contributed by atoms with Gasteiger partial charge in [-0.1, -0.05) is 73.4 Å². The van der Waals surface area contributed by atoms with E-state index in [1.165, 1.54) is 12.1 Å². The smallest absolute Gasteiger partial charge is 0.335 e. The van der Waals surface area contributed by atoms with Crippen molar-refractivity contribution in [1.82, 2.24) is 26.6 Å². The molecule has 15 heteroatoms. The molecule has 0 fully saturated rings. The van der Waals surface area contributed by atoms with Gasteiger partial charge in [-0.25, -0.2) is 4.79 Å². The Kier molecular flexibility index (Phi) is 20.2. The van der Waals surface area contributed by atoms with E-state index in [0.29, 0.717) is 24.8 Å². The lowest BCUT2D eigenvalue weighted by Crippen LogP contribution is -2.58. The number of carboxylic acids is 2. The Balaban J connectivity index is 2.97. The predicted molar refractivity (Wildman–Crippen MR) is 194 cm³/mol. The zero-order valence-corrected chi connectivity index (χ0v) is 31.5. The topological polar surface area (TPSA) is 240 Å². The van der Waals surface area contributed by atoms with Crippen molar-refractivity contribution in [2.24, 2.45) is 17.8 Å². The molecule has 0 aliphatic rings. The lowest BCUT2D eigenvalue weighted by molar-refractivity contribution is -0.137. The highest BCUT2D eigenvalue weighted by Crippen LogP contribution is 2.15. The van der Waals surface area contributed by atoms with Gasteiger partial charge < -0.3 is 41.9 Å². The SMILES string of the molecule is CCC[C@H](NC(=O)[C@@H](NC(=O)CCCC(=O)O)[C@@H](C)CC)C(=O)N[C@@H](CC(C)C)[C@@H](O)CC(=O)N[C@H](C(=O)NCc1ccc(C(=O)O)cc1)C(C)C. The van der Waals surface area contributed by atoms with Gasteiger partial charge in [0.25, 0.3) is 0 Å².